The Morgan fingerprint density at radius 1 is 1.54 bits per heavy atom. The fourth-order valence-electron chi connectivity index (χ4n) is 0.921. The molecule has 0 saturated carbocycles. The molecule has 0 atom stereocenters. The van der Waals surface area contributed by atoms with Crippen molar-refractivity contribution < 1.29 is 9.05 Å². The summed E-state index contributed by atoms with van der Waals surface area (Å²) in [5.41, 5.74) is 0.498. The van der Waals surface area contributed by atoms with E-state index >= 15 is 0 Å². The van der Waals surface area contributed by atoms with Crippen LogP contribution in [0, 0.1) is 6.92 Å². The molecule has 1 rings (SSSR count). The lowest BCUT2D eigenvalue weighted by molar-refractivity contribution is 0.323. The number of rotatable bonds is 3. The summed E-state index contributed by atoms with van der Waals surface area (Å²) in [5, 5.41) is 2.79. The second-order valence-electron chi connectivity index (χ2n) is 2.42. The third kappa shape index (κ3) is 1.91. The van der Waals surface area contributed by atoms with Crippen LogP contribution in [0.2, 0.25) is 0 Å². The summed E-state index contributed by atoms with van der Waals surface area (Å²) in [5.74, 6) is 0. The molecule has 0 fully saturated rings. The van der Waals surface area contributed by atoms with Crippen LogP contribution in [0.3, 0.4) is 0 Å². The van der Waals surface area contributed by atoms with E-state index in [0.29, 0.717) is 0 Å². The zero-order valence-electron chi connectivity index (χ0n) is 7.60. The molecule has 0 aliphatic carbocycles. The van der Waals surface area contributed by atoms with E-state index in [-0.39, 0.29) is 5.56 Å². The van der Waals surface area contributed by atoms with Crippen molar-refractivity contribution in [1.29, 1.82) is 0 Å². The van der Waals surface area contributed by atoms with Crippen LogP contribution in [0.5, 0.6) is 0 Å². The van der Waals surface area contributed by atoms with Gasteiger partial charge in [-0.05, 0) is 18.7 Å². The van der Waals surface area contributed by atoms with Gasteiger partial charge in [-0.15, -0.1) is 0 Å². The highest BCUT2D eigenvalue weighted by Gasteiger charge is 2.21. The highest BCUT2D eigenvalue weighted by Crippen LogP contribution is 2.45. The van der Waals surface area contributed by atoms with Gasteiger partial charge in [0.2, 0.25) is 0 Å². The number of aromatic amines is 1. The van der Waals surface area contributed by atoms with Crippen LogP contribution in [0.4, 0.5) is 0 Å². The Morgan fingerprint density at radius 2 is 2.08 bits per heavy atom. The predicted octanol–water partition coefficient (Wildman–Crippen LogP) is 0.850. The van der Waals surface area contributed by atoms with Crippen molar-refractivity contribution >= 4 is 18.4 Å². The summed E-state index contributed by atoms with van der Waals surface area (Å²) < 4.78 is 11.2. The molecular formula is C6H11N2O3PS. The molecule has 0 amide bonds. The van der Waals surface area contributed by atoms with Gasteiger partial charge in [-0.3, -0.25) is 9.89 Å². The molecule has 0 bridgehead atoms. The van der Waals surface area contributed by atoms with Crippen molar-refractivity contribution in [1.82, 2.24) is 9.55 Å². The maximum absolute atomic E-state index is 11.3. The molecule has 1 aromatic heterocycles. The molecule has 0 saturated heterocycles. The van der Waals surface area contributed by atoms with Crippen LogP contribution in [0.15, 0.2) is 10.9 Å². The smallest absolute Gasteiger partial charge is 0.311 e. The Morgan fingerprint density at radius 3 is 2.38 bits per heavy atom. The monoisotopic (exact) mass is 222 g/mol. The van der Waals surface area contributed by atoms with Gasteiger partial charge < -0.3 is 9.05 Å². The summed E-state index contributed by atoms with van der Waals surface area (Å²) in [6.45, 7) is -0.902. The summed E-state index contributed by atoms with van der Waals surface area (Å²) in [4.78, 5) is 11.3. The van der Waals surface area contributed by atoms with Crippen LogP contribution >= 0.6 is 6.64 Å². The molecule has 13 heavy (non-hydrogen) atoms. The lowest BCUT2D eigenvalue weighted by Gasteiger charge is -2.16. The first-order valence-electron chi connectivity index (χ1n) is 3.54. The van der Waals surface area contributed by atoms with Crippen LogP contribution in [-0.2, 0) is 20.9 Å². The minimum atomic E-state index is -2.67. The van der Waals surface area contributed by atoms with Gasteiger partial charge in [0.15, 0.2) is 0 Å². The molecule has 0 aromatic carbocycles. The van der Waals surface area contributed by atoms with Gasteiger partial charge in [0.1, 0.15) is 0 Å². The van der Waals surface area contributed by atoms with Gasteiger partial charge >= 0.3 is 6.64 Å². The van der Waals surface area contributed by atoms with Crippen LogP contribution in [0.25, 0.3) is 0 Å². The molecule has 5 nitrogen and oxygen atoms in total. The first-order valence-corrected chi connectivity index (χ1v) is 6.13. The molecule has 0 unspecified atom stereocenters. The van der Waals surface area contributed by atoms with E-state index in [1.807, 2.05) is 0 Å². The van der Waals surface area contributed by atoms with Crippen molar-refractivity contribution in [3.63, 3.8) is 0 Å². The number of H-pyrrole nitrogens is 1. The molecular weight excluding hydrogens is 211 g/mol. The van der Waals surface area contributed by atoms with E-state index < -0.39 is 6.64 Å². The summed E-state index contributed by atoms with van der Waals surface area (Å²) in [6, 6.07) is 1.44. The van der Waals surface area contributed by atoms with Gasteiger partial charge in [0.25, 0.3) is 5.56 Å². The molecule has 0 aliphatic heterocycles. The van der Waals surface area contributed by atoms with Crippen molar-refractivity contribution in [3.8, 4) is 0 Å². The second kappa shape index (κ2) is 3.75. The van der Waals surface area contributed by atoms with Crippen LogP contribution in [-0.4, -0.2) is 23.8 Å². The largest absolute Gasteiger partial charge is 0.316 e. The fraction of sp³-hybridized carbons (Fsp3) is 0.500. The summed E-state index contributed by atoms with van der Waals surface area (Å²) >= 11 is 5.07. The van der Waals surface area contributed by atoms with Crippen LogP contribution < -0.4 is 5.56 Å². The Balaban J connectivity index is 3.28. The van der Waals surface area contributed by atoms with Gasteiger partial charge in [0.05, 0.1) is 0 Å². The van der Waals surface area contributed by atoms with E-state index in [0.717, 1.165) is 5.69 Å². The first kappa shape index (κ1) is 10.7. The normalized spacial score (nSPS) is 11.9. The van der Waals surface area contributed by atoms with Crippen molar-refractivity contribution in [2.45, 2.75) is 6.92 Å². The van der Waals surface area contributed by atoms with Gasteiger partial charge in [0, 0.05) is 26.0 Å². The predicted molar refractivity (Wildman–Crippen MR) is 53.5 cm³/mol. The average Bonchev–Trinajstić information content (AvgIpc) is 2.44. The van der Waals surface area contributed by atoms with Gasteiger partial charge in [-0.25, -0.2) is 0 Å². The number of aryl methyl sites for hydroxylation is 1. The van der Waals surface area contributed by atoms with Crippen LogP contribution in [0.1, 0.15) is 5.69 Å². The van der Waals surface area contributed by atoms with Crippen molar-refractivity contribution in [3.05, 3.63) is 22.1 Å². The lowest BCUT2D eigenvalue weighted by atomic mass is 10.5. The molecule has 74 valence electrons. The molecule has 0 spiro atoms. The second-order valence-corrected chi connectivity index (χ2v) is 5.87. The topological polar surface area (TPSA) is 56.2 Å². The molecule has 1 aromatic rings. The maximum Gasteiger partial charge on any atom is 0.311 e. The van der Waals surface area contributed by atoms with E-state index in [4.69, 9.17) is 20.9 Å². The molecule has 1 N–H and O–H groups in total. The molecule has 0 aliphatic rings. The third-order valence-electron chi connectivity index (χ3n) is 1.54. The highest BCUT2D eigenvalue weighted by atomic mass is 32.5. The number of nitrogens with zero attached hydrogens (tertiary/aromatic N) is 1. The van der Waals surface area contributed by atoms with E-state index in [1.165, 1.54) is 24.7 Å². The third-order valence-corrected chi connectivity index (χ3v) is 4.63. The zero-order chi connectivity index (χ0) is 10.1. The average molecular weight is 222 g/mol. The standard InChI is InChI=1S/C6H11N2O3PS/c1-5-4-6(9)8(7-5)12(13,10-2)11-3/h4,7H,1-3H3. The number of aromatic nitrogens is 2. The highest BCUT2D eigenvalue weighted by molar-refractivity contribution is 8.09. The lowest BCUT2D eigenvalue weighted by Crippen LogP contribution is -2.15. The Kier molecular flexibility index (Phi) is 3.08. The summed E-state index contributed by atoms with van der Waals surface area (Å²) in [6.07, 6.45) is 0. The maximum atomic E-state index is 11.3. The molecule has 7 heteroatoms. The van der Waals surface area contributed by atoms with Crippen molar-refractivity contribution in [2.24, 2.45) is 0 Å². The van der Waals surface area contributed by atoms with E-state index in [9.17, 15) is 4.79 Å². The fourth-order valence-corrected chi connectivity index (χ4v) is 2.34. The first-order chi connectivity index (χ1) is 6.03. The van der Waals surface area contributed by atoms with E-state index in [1.54, 1.807) is 6.92 Å². The number of hydrogen-bond acceptors (Lipinski definition) is 4. The van der Waals surface area contributed by atoms with Gasteiger partial charge in [-0.1, -0.05) is 0 Å². The molecule has 1 heterocycles. The quantitative estimate of drug-likeness (QED) is 0.770. The number of hydrogen-bond donors (Lipinski definition) is 1. The minimum absolute atomic E-state index is 0.232. The summed E-state index contributed by atoms with van der Waals surface area (Å²) in [7, 11) is 2.85. The van der Waals surface area contributed by atoms with Crippen molar-refractivity contribution in [2.75, 3.05) is 14.2 Å². The van der Waals surface area contributed by atoms with Gasteiger partial charge in [-0.2, -0.15) is 4.45 Å². The Labute approximate surface area is 80.9 Å². The Bertz CT molecular complexity index is 389. The zero-order valence-corrected chi connectivity index (χ0v) is 9.32. The number of nitrogens with one attached hydrogen (secondary N) is 1. The minimum Gasteiger partial charge on any atom is -0.316 e. The Hall–Kier alpha value is -0.420. The molecule has 0 radical (unpaired) electrons. The SMILES string of the molecule is COP(=S)(OC)n1[nH]c(C)cc1=O. The van der Waals surface area contributed by atoms with E-state index in [2.05, 4.69) is 5.10 Å².